The van der Waals surface area contributed by atoms with E-state index in [0.717, 1.165) is 57.1 Å². The van der Waals surface area contributed by atoms with E-state index < -0.39 is 0 Å². The van der Waals surface area contributed by atoms with Crippen LogP contribution in [-0.2, 0) is 17.9 Å². The first-order valence-electron chi connectivity index (χ1n) is 11.2. The van der Waals surface area contributed by atoms with Crippen LogP contribution in [0.5, 0.6) is 0 Å². The zero-order chi connectivity index (χ0) is 20.9. The summed E-state index contributed by atoms with van der Waals surface area (Å²) in [4.78, 5) is 31.8. The van der Waals surface area contributed by atoms with Crippen LogP contribution in [0.4, 0.5) is 0 Å². The second-order valence-electron chi connectivity index (χ2n) is 8.91. The fourth-order valence-electron chi connectivity index (χ4n) is 4.89. The monoisotopic (exact) mass is 410 g/mol. The second-order valence-corrected chi connectivity index (χ2v) is 8.91. The van der Waals surface area contributed by atoms with Crippen LogP contribution in [0.2, 0.25) is 0 Å². The average molecular weight is 411 g/mol. The average Bonchev–Trinajstić information content (AvgIpc) is 3.19. The molecule has 162 valence electrons. The van der Waals surface area contributed by atoms with Gasteiger partial charge in [0, 0.05) is 50.5 Å². The number of hydrogen-bond acceptors (Lipinski definition) is 5. The predicted molar refractivity (Wildman–Crippen MR) is 117 cm³/mol. The number of hydrogen-bond donors (Lipinski definition) is 1. The molecule has 2 aliphatic rings. The minimum atomic E-state index is 0.105. The first kappa shape index (κ1) is 21.0. The summed E-state index contributed by atoms with van der Waals surface area (Å²) >= 11 is 0. The van der Waals surface area contributed by atoms with Crippen molar-refractivity contribution in [2.75, 3.05) is 33.2 Å². The maximum Gasteiger partial charge on any atom is 0.227 e. The summed E-state index contributed by atoms with van der Waals surface area (Å²) in [5.74, 6) is 1.22. The van der Waals surface area contributed by atoms with Crippen molar-refractivity contribution in [3.63, 3.8) is 0 Å². The molecule has 2 saturated heterocycles. The van der Waals surface area contributed by atoms with Gasteiger partial charge in [-0.1, -0.05) is 6.07 Å². The molecule has 2 fully saturated rings. The molecule has 4 heterocycles. The fourth-order valence-corrected chi connectivity index (χ4v) is 4.89. The molecule has 7 heteroatoms. The van der Waals surface area contributed by atoms with Crippen molar-refractivity contribution in [3.05, 3.63) is 47.8 Å². The molecule has 0 radical (unpaired) electrons. The van der Waals surface area contributed by atoms with Crippen LogP contribution in [0, 0.1) is 12.8 Å². The summed E-state index contributed by atoms with van der Waals surface area (Å²) < 4.78 is 0. The quantitative estimate of drug-likeness (QED) is 0.792. The molecule has 1 N–H and O–H groups in total. The lowest BCUT2D eigenvalue weighted by Gasteiger charge is -2.42. The molecule has 4 rings (SSSR count). The van der Waals surface area contributed by atoms with Gasteiger partial charge in [-0.2, -0.15) is 0 Å². The summed E-state index contributed by atoms with van der Waals surface area (Å²) in [6, 6.07) is 4.76. The van der Waals surface area contributed by atoms with E-state index >= 15 is 0 Å². The van der Waals surface area contributed by atoms with Gasteiger partial charge in [0.05, 0.1) is 12.5 Å². The van der Waals surface area contributed by atoms with Crippen molar-refractivity contribution in [2.45, 2.75) is 51.7 Å². The van der Waals surface area contributed by atoms with Crippen molar-refractivity contribution in [2.24, 2.45) is 5.92 Å². The standard InChI is InChI=1S/C23H34N6O/c1-18-13-25-22(26-18)17-27(2)23(30)20-6-4-10-29(16-20)21-7-11-28(12-8-21)15-19-5-3-9-24-14-19/h3,5,9,13-14,20-21H,4,6-8,10-12,15-17H2,1-2H3,(H,25,26)/t20-/m0/s1. The van der Waals surface area contributed by atoms with Gasteiger partial charge in [-0.25, -0.2) is 4.98 Å². The molecule has 0 bridgehead atoms. The lowest BCUT2D eigenvalue weighted by molar-refractivity contribution is -0.137. The van der Waals surface area contributed by atoms with Crippen molar-refractivity contribution in [1.82, 2.24) is 29.7 Å². The number of H-pyrrole nitrogens is 1. The Bertz CT molecular complexity index is 814. The van der Waals surface area contributed by atoms with Gasteiger partial charge in [0.2, 0.25) is 5.91 Å². The molecule has 1 atom stereocenters. The van der Waals surface area contributed by atoms with Crippen LogP contribution in [0.1, 0.15) is 42.8 Å². The minimum Gasteiger partial charge on any atom is -0.345 e. The zero-order valence-corrected chi connectivity index (χ0v) is 18.3. The highest BCUT2D eigenvalue weighted by Crippen LogP contribution is 2.25. The van der Waals surface area contributed by atoms with Crippen molar-refractivity contribution in [1.29, 1.82) is 0 Å². The van der Waals surface area contributed by atoms with Gasteiger partial charge in [0.15, 0.2) is 0 Å². The van der Waals surface area contributed by atoms with E-state index in [1.165, 1.54) is 18.4 Å². The van der Waals surface area contributed by atoms with Gasteiger partial charge in [0.25, 0.3) is 0 Å². The minimum absolute atomic E-state index is 0.105. The molecule has 30 heavy (non-hydrogen) atoms. The maximum absolute atomic E-state index is 13.0. The first-order valence-corrected chi connectivity index (χ1v) is 11.2. The van der Waals surface area contributed by atoms with Crippen LogP contribution >= 0.6 is 0 Å². The number of nitrogens with zero attached hydrogens (tertiary/aromatic N) is 5. The summed E-state index contributed by atoms with van der Waals surface area (Å²) in [5.41, 5.74) is 2.32. The number of nitrogens with one attached hydrogen (secondary N) is 1. The van der Waals surface area contributed by atoms with Crippen molar-refractivity contribution in [3.8, 4) is 0 Å². The number of piperidine rings is 2. The molecule has 0 unspecified atom stereocenters. The fraction of sp³-hybridized carbons (Fsp3) is 0.609. The lowest BCUT2D eigenvalue weighted by atomic mass is 9.93. The number of carbonyl (C=O) groups is 1. The van der Waals surface area contributed by atoms with Gasteiger partial charge in [-0.3, -0.25) is 19.6 Å². The highest BCUT2D eigenvalue weighted by Gasteiger charge is 2.33. The topological polar surface area (TPSA) is 68.4 Å². The molecule has 0 spiro atoms. The summed E-state index contributed by atoms with van der Waals surface area (Å²) in [7, 11) is 1.90. The van der Waals surface area contributed by atoms with E-state index in [2.05, 4.69) is 30.8 Å². The third kappa shape index (κ3) is 5.26. The first-order chi connectivity index (χ1) is 14.6. The van der Waals surface area contributed by atoms with Gasteiger partial charge in [-0.15, -0.1) is 0 Å². The third-order valence-electron chi connectivity index (χ3n) is 6.52. The number of amides is 1. The summed E-state index contributed by atoms with van der Waals surface area (Å²) in [6.07, 6.45) is 10.1. The molecular weight excluding hydrogens is 376 g/mol. The Morgan fingerprint density at radius 2 is 2.07 bits per heavy atom. The highest BCUT2D eigenvalue weighted by atomic mass is 16.2. The number of pyridine rings is 1. The van der Waals surface area contributed by atoms with Gasteiger partial charge >= 0.3 is 0 Å². The smallest absolute Gasteiger partial charge is 0.227 e. The largest absolute Gasteiger partial charge is 0.345 e. The molecular formula is C23H34N6O. The van der Waals surface area contributed by atoms with Crippen LogP contribution in [-0.4, -0.2) is 74.8 Å². The number of carbonyl (C=O) groups excluding carboxylic acids is 1. The van der Waals surface area contributed by atoms with Gasteiger partial charge in [0.1, 0.15) is 5.82 Å². The number of likely N-dealkylation sites (tertiary alicyclic amines) is 2. The van der Waals surface area contributed by atoms with E-state index in [1.807, 2.05) is 43.5 Å². The van der Waals surface area contributed by atoms with Crippen molar-refractivity contribution >= 4 is 5.91 Å². The maximum atomic E-state index is 13.0. The SMILES string of the molecule is Cc1cnc(CN(C)C(=O)[C@H]2CCCN(C3CCN(Cc4cccnc4)CC3)C2)[nH]1. The van der Waals surface area contributed by atoms with Gasteiger partial charge < -0.3 is 9.88 Å². The van der Waals surface area contributed by atoms with Crippen molar-refractivity contribution < 1.29 is 4.79 Å². The molecule has 7 nitrogen and oxygen atoms in total. The Labute approximate surface area is 179 Å². The van der Waals surface area contributed by atoms with Crippen LogP contribution in [0.25, 0.3) is 0 Å². The van der Waals surface area contributed by atoms with Crippen LogP contribution in [0.3, 0.4) is 0 Å². The van der Waals surface area contributed by atoms with E-state index in [9.17, 15) is 4.79 Å². The Morgan fingerprint density at radius 1 is 1.23 bits per heavy atom. The second kappa shape index (κ2) is 9.71. The van der Waals surface area contributed by atoms with E-state index in [4.69, 9.17) is 0 Å². The molecule has 2 aromatic heterocycles. The number of imidazole rings is 1. The number of rotatable bonds is 6. The Kier molecular flexibility index (Phi) is 6.79. The van der Waals surface area contributed by atoms with E-state index in [-0.39, 0.29) is 11.8 Å². The highest BCUT2D eigenvalue weighted by molar-refractivity contribution is 5.78. The third-order valence-corrected chi connectivity index (χ3v) is 6.52. The molecule has 0 aliphatic carbocycles. The van der Waals surface area contributed by atoms with Gasteiger partial charge in [-0.05, 0) is 63.9 Å². The molecule has 2 aromatic rings. The summed E-state index contributed by atoms with van der Waals surface area (Å²) in [5, 5.41) is 0. The Hall–Kier alpha value is -2.25. The Morgan fingerprint density at radius 3 is 2.77 bits per heavy atom. The van der Waals surface area contributed by atoms with Crippen LogP contribution < -0.4 is 0 Å². The number of aryl methyl sites for hydroxylation is 1. The molecule has 1 amide bonds. The normalized spacial score (nSPS) is 21.6. The zero-order valence-electron chi connectivity index (χ0n) is 18.3. The lowest BCUT2D eigenvalue weighted by Crippen LogP contribution is -2.50. The van der Waals surface area contributed by atoms with E-state index in [1.54, 1.807) is 0 Å². The Balaban J connectivity index is 1.26. The number of aromatic amines is 1. The molecule has 0 saturated carbocycles. The molecule has 2 aliphatic heterocycles. The predicted octanol–water partition coefficient (Wildman–Crippen LogP) is 2.45. The molecule has 0 aromatic carbocycles. The number of aromatic nitrogens is 3. The van der Waals surface area contributed by atoms with Crippen LogP contribution in [0.15, 0.2) is 30.7 Å². The summed E-state index contributed by atoms with van der Waals surface area (Å²) in [6.45, 7) is 7.78. The van der Waals surface area contributed by atoms with E-state index in [0.29, 0.717) is 12.6 Å².